The molecule has 1 aromatic carbocycles. The van der Waals surface area contributed by atoms with E-state index >= 15 is 0 Å². The molecule has 0 spiro atoms. The number of rotatable bonds is 4. The van der Waals surface area contributed by atoms with Crippen LogP contribution in [0.25, 0.3) is 0 Å². The molecule has 0 aromatic heterocycles. The van der Waals surface area contributed by atoms with E-state index in [0.717, 1.165) is 36.8 Å². The van der Waals surface area contributed by atoms with Crippen molar-refractivity contribution in [3.05, 3.63) is 35.1 Å². The van der Waals surface area contributed by atoms with E-state index in [4.69, 9.17) is 0 Å². The standard InChI is InChI=1S/C15H19FN2O/c1-9(15(19)18-10-5-6-10)17-14-8-7-11-12(14)3-2-4-13(11)16/h2-4,9-10,14,17H,5-8H2,1H3,(H,18,19). The van der Waals surface area contributed by atoms with Crippen molar-refractivity contribution in [2.45, 2.75) is 50.7 Å². The maximum Gasteiger partial charge on any atom is 0.237 e. The Morgan fingerprint density at radius 1 is 1.37 bits per heavy atom. The van der Waals surface area contributed by atoms with Crippen LogP contribution in [0.3, 0.4) is 0 Å². The minimum atomic E-state index is -0.236. The molecule has 1 amide bonds. The third-order valence-corrected chi connectivity index (χ3v) is 3.98. The number of amides is 1. The molecule has 2 unspecified atom stereocenters. The van der Waals surface area contributed by atoms with E-state index in [9.17, 15) is 9.18 Å². The lowest BCUT2D eigenvalue weighted by Crippen LogP contribution is -2.44. The zero-order valence-corrected chi connectivity index (χ0v) is 11.1. The van der Waals surface area contributed by atoms with E-state index in [0.29, 0.717) is 6.04 Å². The molecule has 0 saturated heterocycles. The van der Waals surface area contributed by atoms with E-state index in [1.165, 1.54) is 6.07 Å². The Morgan fingerprint density at radius 3 is 2.89 bits per heavy atom. The molecule has 2 aliphatic rings. The molecule has 0 aliphatic heterocycles. The van der Waals surface area contributed by atoms with E-state index in [1.807, 2.05) is 13.0 Å². The van der Waals surface area contributed by atoms with Crippen molar-refractivity contribution in [1.29, 1.82) is 0 Å². The number of fused-ring (bicyclic) bond motifs is 1. The van der Waals surface area contributed by atoms with Crippen LogP contribution in [0.4, 0.5) is 4.39 Å². The predicted octanol–water partition coefficient (Wildman–Crippen LogP) is 2.07. The number of halogens is 1. The number of nitrogens with one attached hydrogen (secondary N) is 2. The van der Waals surface area contributed by atoms with Crippen molar-refractivity contribution in [1.82, 2.24) is 10.6 Å². The van der Waals surface area contributed by atoms with Gasteiger partial charge < -0.3 is 5.32 Å². The van der Waals surface area contributed by atoms with Gasteiger partial charge in [0.15, 0.2) is 0 Å². The van der Waals surface area contributed by atoms with Gasteiger partial charge in [-0.05, 0) is 49.8 Å². The summed E-state index contributed by atoms with van der Waals surface area (Å²) in [7, 11) is 0. The van der Waals surface area contributed by atoms with Crippen LogP contribution < -0.4 is 10.6 Å². The van der Waals surface area contributed by atoms with Crippen LogP contribution in [0.5, 0.6) is 0 Å². The van der Waals surface area contributed by atoms with Gasteiger partial charge in [-0.2, -0.15) is 0 Å². The second-order valence-electron chi connectivity index (χ2n) is 5.57. The lowest BCUT2D eigenvalue weighted by molar-refractivity contribution is -0.123. The number of benzene rings is 1. The molecule has 0 radical (unpaired) electrons. The molecule has 1 aromatic rings. The minimum absolute atomic E-state index is 0.0485. The van der Waals surface area contributed by atoms with Crippen molar-refractivity contribution in [3.8, 4) is 0 Å². The summed E-state index contributed by atoms with van der Waals surface area (Å²) in [6.07, 6.45) is 3.79. The highest BCUT2D eigenvalue weighted by Crippen LogP contribution is 2.32. The smallest absolute Gasteiger partial charge is 0.237 e. The molecule has 1 saturated carbocycles. The first-order valence-corrected chi connectivity index (χ1v) is 6.99. The van der Waals surface area contributed by atoms with E-state index in [1.54, 1.807) is 6.07 Å². The molecular weight excluding hydrogens is 243 g/mol. The minimum Gasteiger partial charge on any atom is -0.352 e. The summed E-state index contributed by atoms with van der Waals surface area (Å²) in [5, 5.41) is 6.30. The molecule has 3 nitrogen and oxygen atoms in total. The predicted molar refractivity (Wildman–Crippen MR) is 71.2 cm³/mol. The topological polar surface area (TPSA) is 41.1 Å². The summed E-state index contributed by atoms with van der Waals surface area (Å²) in [6, 6.07) is 5.43. The fourth-order valence-corrected chi connectivity index (χ4v) is 2.71. The van der Waals surface area contributed by atoms with Crippen molar-refractivity contribution in [2.75, 3.05) is 0 Å². The van der Waals surface area contributed by atoms with Crippen LogP contribution in [-0.2, 0) is 11.2 Å². The Morgan fingerprint density at radius 2 is 2.16 bits per heavy atom. The Kier molecular flexibility index (Phi) is 3.27. The first kappa shape index (κ1) is 12.6. The lowest BCUT2D eigenvalue weighted by Gasteiger charge is -2.20. The average molecular weight is 262 g/mol. The van der Waals surface area contributed by atoms with Gasteiger partial charge in [-0.25, -0.2) is 4.39 Å². The molecule has 3 rings (SSSR count). The molecule has 1 fully saturated rings. The van der Waals surface area contributed by atoms with Crippen molar-refractivity contribution in [2.24, 2.45) is 0 Å². The number of carbonyl (C=O) groups excluding carboxylic acids is 1. The molecule has 2 atom stereocenters. The Hall–Kier alpha value is -1.42. The summed E-state index contributed by atoms with van der Waals surface area (Å²) in [5.74, 6) is -0.0794. The molecule has 0 heterocycles. The van der Waals surface area contributed by atoms with Crippen LogP contribution in [0, 0.1) is 5.82 Å². The maximum absolute atomic E-state index is 13.6. The van der Waals surface area contributed by atoms with Gasteiger partial charge in [-0.3, -0.25) is 10.1 Å². The van der Waals surface area contributed by atoms with Gasteiger partial charge >= 0.3 is 0 Å². The van der Waals surface area contributed by atoms with Crippen LogP contribution in [0.2, 0.25) is 0 Å². The monoisotopic (exact) mass is 262 g/mol. The highest BCUT2D eigenvalue weighted by molar-refractivity contribution is 5.81. The van der Waals surface area contributed by atoms with Gasteiger partial charge in [0.05, 0.1) is 6.04 Å². The van der Waals surface area contributed by atoms with Crippen LogP contribution >= 0.6 is 0 Å². The lowest BCUT2D eigenvalue weighted by atomic mass is 10.1. The fourth-order valence-electron chi connectivity index (χ4n) is 2.71. The van der Waals surface area contributed by atoms with Crippen LogP contribution in [0.15, 0.2) is 18.2 Å². The van der Waals surface area contributed by atoms with Gasteiger partial charge in [0, 0.05) is 12.1 Å². The third kappa shape index (κ3) is 2.63. The fraction of sp³-hybridized carbons (Fsp3) is 0.533. The van der Waals surface area contributed by atoms with Crippen LogP contribution in [-0.4, -0.2) is 18.0 Å². The molecule has 4 heteroatoms. The third-order valence-electron chi connectivity index (χ3n) is 3.98. The second-order valence-corrected chi connectivity index (χ2v) is 5.57. The number of hydrogen-bond acceptors (Lipinski definition) is 2. The molecule has 2 aliphatic carbocycles. The number of carbonyl (C=O) groups is 1. The van der Waals surface area contributed by atoms with Crippen molar-refractivity contribution < 1.29 is 9.18 Å². The van der Waals surface area contributed by atoms with Crippen molar-refractivity contribution >= 4 is 5.91 Å². The highest BCUT2D eigenvalue weighted by atomic mass is 19.1. The van der Waals surface area contributed by atoms with Gasteiger partial charge in [0.1, 0.15) is 5.82 Å². The second kappa shape index (κ2) is 4.93. The SMILES string of the molecule is CC(NC1CCc2c(F)cccc21)C(=O)NC1CC1. The molecule has 102 valence electrons. The Labute approximate surface area is 112 Å². The molecule has 19 heavy (non-hydrogen) atoms. The summed E-state index contributed by atoms with van der Waals surface area (Å²) in [4.78, 5) is 11.9. The van der Waals surface area contributed by atoms with Gasteiger partial charge in [-0.15, -0.1) is 0 Å². The zero-order chi connectivity index (χ0) is 13.4. The summed E-state index contributed by atoms with van der Waals surface area (Å²) < 4.78 is 13.6. The largest absolute Gasteiger partial charge is 0.352 e. The van der Waals surface area contributed by atoms with E-state index in [-0.39, 0.29) is 23.8 Å². The summed E-state index contributed by atoms with van der Waals surface area (Å²) in [6.45, 7) is 1.87. The highest BCUT2D eigenvalue weighted by Gasteiger charge is 2.29. The molecular formula is C15H19FN2O. The Bertz CT molecular complexity index is 499. The van der Waals surface area contributed by atoms with Crippen LogP contribution in [0.1, 0.15) is 43.4 Å². The quantitative estimate of drug-likeness (QED) is 0.872. The van der Waals surface area contributed by atoms with Gasteiger partial charge in [0.2, 0.25) is 5.91 Å². The van der Waals surface area contributed by atoms with E-state index < -0.39 is 0 Å². The zero-order valence-electron chi connectivity index (χ0n) is 11.1. The van der Waals surface area contributed by atoms with Gasteiger partial charge in [-0.1, -0.05) is 12.1 Å². The van der Waals surface area contributed by atoms with Crippen molar-refractivity contribution in [3.63, 3.8) is 0 Å². The normalized spacial score (nSPS) is 22.9. The number of hydrogen-bond donors (Lipinski definition) is 2. The summed E-state index contributed by atoms with van der Waals surface area (Å²) in [5.41, 5.74) is 1.81. The summed E-state index contributed by atoms with van der Waals surface area (Å²) >= 11 is 0. The molecule has 0 bridgehead atoms. The maximum atomic E-state index is 13.6. The average Bonchev–Trinajstić information content (AvgIpc) is 3.10. The van der Waals surface area contributed by atoms with E-state index in [2.05, 4.69) is 10.6 Å². The Balaban J connectivity index is 1.65. The van der Waals surface area contributed by atoms with Gasteiger partial charge in [0.25, 0.3) is 0 Å². The first-order valence-electron chi connectivity index (χ1n) is 6.99. The molecule has 2 N–H and O–H groups in total. The first-order chi connectivity index (χ1) is 9.15.